The van der Waals surface area contributed by atoms with E-state index in [1.165, 1.54) is 59.9 Å². The van der Waals surface area contributed by atoms with Crippen LogP contribution in [0.4, 0.5) is 17.6 Å². The molecule has 2 aromatic heterocycles. The van der Waals surface area contributed by atoms with Gasteiger partial charge in [0, 0.05) is 40.9 Å². The highest BCUT2D eigenvalue weighted by atomic mass is 32.2. The molecule has 9 nitrogen and oxygen atoms in total. The van der Waals surface area contributed by atoms with Gasteiger partial charge in [0.1, 0.15) is 36.5 Å². The summed E-state index contributed by atoms with van der Waals surface area (Å²) in [5.74, 6) is 0.491. The van der Waals surface area contributed by atoms with Crippen molar-refractivity contribution in [1.29, 1.82) is 0 Å². The van der Waals surface area contributed by atoms with Crippen LogP contribution in [-0.4, -0.2) is 74.2 Å². The van der Waals surface area contributed by atoms with Gasteiger partial charge < -0.3 is 20.1 Å². The molecule has 6 rings (SSSR count). The summed E-state index contributed by atoms with van der Waals surface area (Å²) >= 11 is 2.92. The second kappa shape index (κ2) is 24.0. The number of unbranched alkanes of at least 4 members (excludes halogenated alkanes) is 2. The van der Waals surface area contributed by atoms with Crippen LogP contribution in [0.5, 0.6) is 0 Å². The summed E-state index contributed by atoms with van der Waals surface area (Å²) in [7, 11) is -2.24. The van der Waals surface area contributed by atoms with Gasteiger partial charge in [-0.2, -0.15) is 0 Å². The monoisotopic (exact) mass is 889 g/mol. The Balaban J connectivity index is 0.739. The van der Waals surface area contributed by atoms with Crippen molar-refractivity contribution in [2.45, 2.75) is 85.1 Å². The van der Waals surface area contributed by atoms with E-state index in [0.717, 1.165) is 61.2 Å². The standard InChI is InChI=1S/C44H54F4N4O5PS2/c45-35-11-7-33(8-12-35)43(29-54-30-43)15-1-3-21-59-41-27-51-37(23-39(41)47)25-49-17-5-19-56-58(53)57-20-6-18-50-26-38-24-40(48)42(28-52-38)60-22-4-2-16-44(31-55-32-44)34-9-13-36(46)14-10-34/h7-14,23-24,27-28,49-50H,1-6,15-22,25-26,29-32H2/q+1. The highest BCUT2D eigenvalue weighted by Crippen LogP contribution is 2.39. The highest BCUT2D eigenvalue weighted by molar-refractivity contribution is 7.99. The lowest BCUT2D eigenvalue weighted by atomic mass is 9.75. The van der Waals surface area contributed by atoms with Crippen LogP contribution in [0.1, 0.15) is 73.9 Å². The van der Waals surface area contributed by atoms with E-state index < -0.39 is 8.25 Å². The molecule has 16 heteroatoms. The number of rotatable bonds is 28. The van der Waals surface area contributed by atoms with Crippen LogP contribution >= 0.6 is 31.8 Å². The smallest absolute Gasteiger partial charge is 0.379 e. The molecular weight excluding hydrogens is 836 g/mol. The van der Waals surface area contributed by atoms with Gasteiger partial charge in [0.2, 0.25) is 0 Å². The fourth-order valence-electron chi connectivity index (χ4n) is 7.17. The average Bonchev–Trinajstić information content (AvgIpc) is 3.21. The zero-order chi connectivity index (χ0) is 42.0. The van der Waals surface area contributed by atoms with Crippen molar-refractivity contribution in [2.75, 3.05) is 64.2 Å². The molecule has 0 radical (unpaired) electrons. The molecule has 4 aromatic rings. The molecule has 2 saturated heterocycles. The highest BCUT2D eigenvalue weighted by Gasteiger charge is 2.40. The Morgan fingerprint density at radius 1 is 0.617 bits per heavy atom. The number of hydrogen-bond donors (Lipinski definition) is 2. The summed E-state index contributed by atoms with van der Waals surface area (Å²) < 4.78 is 89.9. The van der Waals surface area contributed by atoms with E-state index in [9.17, 15) is 22.1 Å². The largest absolute Gasteiger partial charge is 0.697 e. The molecule has 0 amide bonds. The van der Waals surface area contributed by atoms with Crippen LogP contribution in [0.2, 0.25) is 0 Å². The number of nitrogens with zero attached hydrogens (tertiary/aromatic N) is 2. The van der Waals surface area contributed by atoms with Crippen LogP contribution in [0.15, 0.2) is 82.8 Å². The van der Waals surface area contributed by atoms with Crippen LogP contribution in [0, 0.1) is 23.3 Å². The first-order valence-corrected chi connectivity index (χ1v) is 23.7. The normalized spacial score (nSPS) is 15.4. The second-order valence-electron chi connectivity index (χ2n) is 15.3. The van der Waals surface area contributed by atoms with Crippen molar-refractivity contribution in [3.63, 3.8) is 0 Å². The summed E-state index contributed by atoms with van der Waals surface area (Å²) in [5.41, 5.74) is 3.31. The molecular formula is C44H54F4N4O5PS2+. The minimum atomic E-state index is -2.24. The van der Waals surface area contributed by atoms with E-state index in [0.29, 0.717) is 86.6 Å². The van der Waals surface area contributed by atoms with Crippen LogP contribution in [0.25, 0.3) is 0 Å². The predicted molar refractivity (Wildman–Crippen MR) is 227 cm³/mol. The zero-order valence-corrected chi connectivity index (χ0v) is 36.3. The van der Waals surface area contributed by atoms with Crippen LogP contribution in [0.3, 0.4) is 0 Å². The van der Waals surface area contributed by atoms with E-state index >= 15 is 0 Å². The lowest BCUT2D eigenvalue weighted by Crippen LogP contribution is -2.46. The quantitative estimate of drug-likeness (QED) is 0.0247. The Kier molecular flexibility index (Phi) is 18.6. The maximum atomic E-state index is 14.8. The molecule has 2 aliphatic rings. The topological polar surface area (TPSA) is 104 Å². The van der Waals surface area contributed by atoms with Crippen LogP contribution < -0.4 is 10.6 Å². The SMILES string of the molecule is O=[P+](OCCCNCc1cc(F)c(SCCCCC2(c3ccc(F)cc3)COC2)cn1)OCCCNCc1cc(F)c(SCCCCC2(c3ccc(F)cc3)COC2)cn1. The fourth-order valence-corrected chi connectivity index (χ4v) is 9.59. The van der Waals surface area contributed by atoms with Gasteiger partial charge in [0.25, 0.3) is 0 Å². The van der Waals surface area contributed by atoms with Crippen molar-refractivity contribution in [2.24, 2.45) is 0 Å². The molecule has 0 bridgehead atoms. The number of thioether (sulfide) groups is 2. The van der Waals surface area contributed by atoms with E-state index in [2.05, 4.69) is 20.6 Å². The van der Waals surface area contributed by atoms with Gasteiger partial charge in [-0.3, -0.25) is 9.97 Å². The molecule has 2 fully saturated rings. The zero-order valence-electron chi connectivity index (χ0n) is 33.8. The van der Waals surface area contributed by atoms with Gasteiger partial charge in [0.05, 0.1) is 47.6 Å². The molecule has 2 N–H and O–H groups in total. The van der Waals surface area contributed by atoms with Crippen molar-refractivity contribution >= 4 is 31.8 Å². The molecule has 0 unspecified atom stereocenters. The van der Waals surface area contributed by atoms with Crippen molar-refractivity contribution in [1.82, 2.24) is 20.6 Å². The minimum Gasteiger partial charge on any atom is -0.379 e. The Bertz CT molecular complexity index is 1810. The number of ether oxygens (including phenoxy) is 2. The Morgan fingerprint density at radius 3 is 1.40 bits per heavy atom. The van der Waals surface area contributed by atoms with Gasteiger partial charge in [-0.25, -0.2) is 17.6 Å². The molecule has 0 atom stereocenters. The molecule has 324 valence electrons. The molecule has 2 aliphatic heterocycles. The average molecular weight is 890 g/mol. The third kappa shape index (κ3) is 14.0. The Morgan fingerprint density at radius 2 is 1.03 bits per heavy atom. The number of nitrogens with one attached hydrogen (secondary N) is 2. The number of halogens is 4. The van der Waals surface area contributed by atoms with E-state index in [4.69, 9.17) is 18.5 Å². The van der Waals surface area contributed by atoms with E-state index in [1.807, 2.05) is 24.3 Å². The summed E-state index contributed by atoms with van der Waals surface area (Å²) in [5, 5.41) is 6.41. The lowest BCUT2D eigenvalue weighted by molar-refractivity contribution is -0.0652. The predicted octanol–water partition coefficient (Wildman–Crippen LogP) is 9.84. The molecule has 4 heterocycles. The summed E-state index contributed by atoms with van der Waals surface area (Å²) in [6, 6.07) is 16.3. The Labute approximate surface area is 359 Å². The summed E-state index contributed by atoms with van der Waals surface area (Å²) in [6.45, 7) is 5.01. The maximum Gasteiger partial charge on any atom is 0.697 e. The maximum absolute atomic E-state index is 14.8. The van der Waals surface area contributed by atoms with Gasteiger partial charge >= 0.3 is 8.25 Å². The second-order valence-corrected chi connectivity index (χ2v) is 18.6. The number of hydrogen-bond acceptors (Lipinski definition) is 11. The summed E-state index contributed by atoms with van der Waals surface area (Å²) in [6.07, 6.45) is 10.0. The minimum absolute atomic E-state index is 0.0515. The van der Waals surface area contributed by atoms with Crippen molar-refractivity contribution < 1.29 is 40.6 Å². The number of pyridine rings is 2. The van der Waals surface area contributed by atoms with Gasteiger partial charge in [-0.05, 0) is 111 Å². The first-order valence-electron chi connectivity index (χ1n) is 20.6. The first kappa shape index (κ1) is 46.5. The summed E-state index contributed by atoms with van der Waals surface area (Å²) in [4.78, 5) is 9.85. The molecule has 2 aromatic carbocycles. The molecule has 0 spiro atoms. The van der Waals surface area contributed by atoms with Gasteiger partial charge in [0.15, 0.2) is 0 Å². The Hall–Kier alpha value is -2.98. The third-order valence-corrected chi connectivity index (χ3v) is 13.8. The van der Waals surface area contributed by atoms with Crippen LogP contribution in [-0.2, 0) is 47.0 Å². The van der Waals surface area contributed by atoms with Crippen molar-refractivity contribution in [3.05, 3.63) is 119 Å². The third-order valence-electron chi connectivity index (χ3n) is 10.8. The van der Waals surface area contributed by atoms with E-state index in [-0.39, 0.29) is 47.3 Å². The molecule has 60 heavy (non-hydrogen) atoms. The molecule has 0 aliphatic carbocycles. The lowest BCUT2D eigenvalue weighted by Gasteiger charge is -2.42. The first-order chi connectivity index (χ1) is 29.2. The molecule has 0 saturated carbocycles. The number of benzene rings is 2. The number of aromatic nitrogens is 2. The van der Waals surface area contributed by atoms with Crippen molar-refractivity contribution in [3.8, 4) is 0 Å². The fraction of sp³-hybridized carbons (Fsp3) is 0.500. The van der Waals surface area contributed by atoms with E-state index in [1.54, 1.807) is 12.4 Å². The van der Waals surface area contributed by atoms with Gasteiger partial charge in [-0.1, -0.05) is 37.1 Å². The van der Waals surface area contributed by atoms with Gasteiger partial charge in [-0.15, -0.1) is 32.6 Å².